The Morgan fingerprint density at radius 1 is 1.40 bits per heavy atom. The fourth-order valence-electron chi connectivity index (χ4n) is 1.10. The highest BCUT2D eigenvalue weighted by molar-refractivity contribution is 6.12. The number of nitrogen functional groups attached to an aromatic ring is 1. The Kier molecular flexibility index (Phi) is 3.03. The molecule has 0 aliphatic heterocycles. The van der Waals surface area contributed by atoms with Crippen molar-refractivity contribution in [3.63, 3.8) is 0 Å². The molecule has 0 aliphatic carbocycles. The molecule has 0 spiro atoms. The van der Waals surface area contributed by atoms with Gasteiger partial charge in [0.05, 0.1) is 6.07 Å². The van der Waals surface area contributed by atoms with Crippen LogP contribution < -0.4 is 5.73 Å². The molecule has 1 atom stereocenters. The van der Waals surface area contributed by atoms with Crippen molar-refractivity contribution in [3.05, 3.63) is 29.8 Å². The van der Waals surface area contributed by atoms with Gasteiger partial charge in [0.15, 0.2) is 5.78 Å². The lowest BCUT2D eigenvalue weighted by Crippen LogP contribution is -2.23. The molecule has 0 amide bonds. The van der Waals surface area contributed by atoms with E-state index in [0.717, 1.165) is 0 Å². The van der Waals surface area contributed by atoms with E-state index in [1.807, 2.05) is 0 Å². The second-order valence-electron chi connectivity index (χ2n) is 2.85. The number of carboxylic acids is 1. The zero-order chi connectivity index (χ0) is 11.4. The summed E-state index contributed by atoms with van der Waals surface area (Å²) in [7, 11) is 0. The second-order valence-corrected chi connectivity index (χ2v) is 2.85. The number of carbonyl (C=O) groups is 2. The Balaban J connectivity index is 3.10. The van der Waals surface area contributed by atoms with Crippen molar-refractivity contribution >= 4 is 17.4 Å². The molecular formula is C10H8N2O3. The summed E-state index contributed by atoms with van der Waals surface area (Å²) in [5.41, 5.74) is 5.72. The first-order valence-electron chi connectivity index (χ1n) is 4.09. The lowest BCUT2D eigenvalue weighted by molar-refractivity contribution is -0.138. The Bertz CT molecular complexity index is 448. The van der Waals surface area contributed by atoms with Crippen LogP contribution in [-0.2, 0) is 4.79 Å². The number of rotatable bonds is 3. The van der Waals surface area contributed by atoms with Gasteiger partial charge in [0.25, 0.3) is 0 Å². The number of ketones is 1. The number of nitrogens with zero attached hydrogens (tertiary/aromatic N) is 1. The van der Waals surface area contributed by atoms with Crippen molar-refractivity contribution in [2.75, 3.05) is 5.73 Å². The molecule has 0 aromatic heterocycles. The quantitative estimate of drug-likeness (QED) is 0.428. The summed E-state index contributed by atoms with van der Waals surface area (Å²) in [5, 5.41) is 17.1. The Morgan fingerprint density at radius 2 is 2.00 bits per heavy atom. The van der Waals surface area contributed by atoms with Gasteiger partial charge in [-0.25, -0.2) is 0 Å². The molecular weight excluding hydrogens is 196 g/mol. The molecule has 0 saturated heterocycles. The molecule has 76 valence electrons. The lowest BCUT2D eigenvalue weighted by Gasteiger charge is -2.05. The molecule has 1 rings (SSSR count). The van der Waals surface area contributed by atoms with Crippen LogP contribution >= 0.6 is 0 Å². The molecule has 3 N–H and O–H groups in total. The average Bonchev–Trinajstić information content (AvgIpc) is 2.18. The third kappa shape index (κ3) is 2.11. The minimum absolute atomic E-state index is 0.0615. The smallest absolute Gasteiger partial charge is 0.329 e. The van der Waals surface area contributed by atoms with Crippen LogP contribution in [0.15, 0.2) is 24.3 Å². The fourth-order valence-corrected chi connectivity index (χ4v) is 1.10. The van der Waals surface area contributed by atoms with Crippen molar-refractivity contribution < 1.29 is 14.7 Å². The number of hydrogen-bond donors (Lipinski definition) is 2. The number of Topliss-reactive ketones (excluding diaryl/α,β-unsaturated/α-hetero) is 1. The van der Waals surface area contributed by atoms with Crippen molar-refractivity contribution in [1.82, 2.24) is 0 Å². The van der Waals surface area contributed by atoms with Crippen LogP contribution in [0.5, 0.6) is 0 Å². The summed E-state index contributed by atoms with van der Waals surface area (Å²) in [5.74, 6) is -3.96. The first-order valence-corrected chi connectivity index (χ1v) is 4.09. The zero-order valence-electron chi connectivity index (χ0n) is 7.68. The minimum Gasteiger partial charge on any atom is -0.480 e. The number of aliphatic carboxylic acids is 1. The second kappa shape index (κ2) is 4.24. The maximum Gasteiger partial charge on any atom is 0.329 e. The van der Waals surface area contributed by atoms with Gasteiger partial charge in [-0.05, 0) is 12.1 Å². The van der Waals surface area contributed by atoms with E-state index in [1.54, 1.807) is 12.1 Å². The first kappa shape index (κ1) is 10.7. The predicted molar refractivity (Wildman–Crippen MR) is 51.9 cm³/mol. The summed E-state index contributed by atoms with van der Waals surface area (Å²) in [6.45, 7) is 0. The van der Waals surface area contributed by atoms with Crippen LogP contribution in [0.4, 0.5) is 5.69 Å². The topological polar surface area (TPSA) is 104 Å². The number of nitriles is 1. The standard InChI is InChI=1S/C10H8N2O3/c11-5-7(10(14)15)9(13)6-3-1-2-4-8(6)12/h1-4,7H,12H2,(H,14,15). The van der Waals surface area contributed by atoms with Crippen molar-refractivity contribution in [2.24, 2.45) is 5.92 Å². The number of para-hydroxylation sites is 1. The van der Waals surface area contributed by atoms with E-state index in [-0.39, 0.29) is 11.3 Å². The van der Waals surface area contributed by atoms with Crippen molar-refractivity contribution in [2.45, 2.75) is 0 Å². The number of nitrogens with two attached hydrogens (primary N) is 1. The van der Waals surface area contributed by atoms with E-state index in [1.165, 1.54) is 18.2 Å². The molecule has 0 fully saturated rings. The minimum atomic E-state index is -1.70. The van der Waals surface area contributed by atoms with Crippen molar-refractivity contribution in [1.29, 1.82) is 5.26 Å². The zero-order valence-corrected chi connectivity index (χ0v) is 7.68. The average molecular weight is 204 g/mol. The number of benzene rings is 1. The van der Waals surface area contributed by atoms with Gasteiger partial charge in [-0.1, -0.05) is 12.1 Å². The largest absolute Gasteiger partial charge is 0.480 e. The monoisotopic (exact) mass is 204 g/mol. The van der Waals surface area contributed by atoms with Gasteiger partial charge < -0.3 is 10.8 Å². The molecule has 0 radical (unpaired) electrons. The van der Waals surface area contributed by atoms with Gasteiger partial charge in [0.1, 0.15) is 0 Å². The Labute approximate surface area is 85.7 Å². The van der Waals surface area contributed by atoms with Gasteiger partial charge in [-0.15, -0.1) is 0 Å². The number of carboxylic acid groups (broad SMARTS) is 1. The number of anilines is 1. The van der Waals surface area contributed by atoms with Gasteiger partial charge in [0, 0.05) is 11.3 Å². The molecule has 0 saturated carbocycles. The van der Waals surface area contributed by atoms with Gasteiger partial charge >= 0.3 is 5.97 Å². The van der Waals surface area contributed by atoms with E-state index in [2.05, 4.69) is 0 Å². The van der Waals surface area contributed by atoms with Crippen LogP contribution in [0.25, 0.3) is 0 Å². The molecule has 15 heavy (non-hydrogen) atoms. The van der Waals surface area contributed by atoms with Gasteiger partial charge in [0.2, 0.25) is 5.92 Å². The van der Waals surface area contributed by atoms with E-state index in [4.69, 9.17) is 16.1 Å². The summed E-state index contributed by atoms with van der Waals surface area (Å²) in [6.07, 6.45) is 0. The van der Waals surface area contributed by atoms with Crippen LogP contribution in [0.3, 0.4) is 0 Å². The van der Waals surface area contributed by atoms with Gasteiger partial charge in [-0.3, -0.25) is 9.59 Å². The van der Waals surface area contributed by atoms with Crippen LogP contribution in [0.2, 0.25) is 0 Å². The van der Waals surface area contributed by atoms with E-state index in [0.29, 0.717) is 0 Å². The number of hydrogen-bond acceptors (Lipinski definition) is 4. The predicted octanol–water partition coefficient (Wildman–Crippen LogP) is 0.676. The molecule has 0 aliphatic rings. The summed E-state index contributed by atoms with van der Waals surface area (Å²) in [6, 6.07) is 7.47. The lowest BCUT2D eigenvalue weighted by atomic mass is 9.98. The third-order valence-electron chi connectivity index (χ3n) is 1.86. The highest BCUT2D eigenvalue weighted by Gasteiger charge is 2.27. The van der Waals surface area contributed by atoms with E-state index < -0.39 is 17.7 Å². The first-order chi connectivity index (χ1) is 7.07. The number of carbonyl (C=O) groups excluding carboxylic acids is 1. The van der Waals surface area contributed by atoms with Crippen molar-refractivity contribution in [3.8, 4) is 6.07 Å². The summed E-state index contributed by atoms with van der Waals surface area (Å²) < 4.78 is 0. The Hall–Kier alpha value is -2.35. The van der Waals surface area contributed by atoms with E-state index >= 15 is 0 Å². The molecule has 1 aromatic rings. The maximum absolute atomic E-state index is 11.6. The SMILES string of the molecule is N#CC(C(=O)O)C(=O)c1ccccc1N. The molecule has 5 nitrogen and oxygen atoms in total. The molecule has 5 heteroatoms. The normalized spacial score (nSPS) is 11.4. The highest BCUT2D eigenvalue weighted by atomic mass is 16.4. The van der Waals surface area contributed by atoms with Crippen LogP contribution in [-0.4, -0.2) is 16.9 Å². The summed E-state index contributed by atoms with van der Waals surface area (Å²) in [4.78, 5) is 22.1. The molecule has 1 unspecified atom stereocenters. The molecule has 0 heterocycles. The maximum atomic E-state index is 11.6. The fraction of sp³-hybridized carbons (Fsp3) is 0.100. The van der Waals surface area contributed by atoms with Gasteiger partial charge in [-0.2, -0.15) is 5.26 Å². The molecule has 0 bridgehead atoms. The third-order valence-corrected chi connectivity index (χ3v) is 1.86. The summed E-state index contributed by atoms with van der Waals surface area (Å²) >= 11 is 0. The Morgan fingerprint density at radius 3 is 2.47 bits per heavy atom. The van der Waals surface area contributed by atoms with Crippen LogP contribution in [0.1, 0.15) is 10.4 Å². The molecule has 1 aromatic carbocycles. The van der Waals surface area contributed by atoms with E-state index in [9.17, 15) is 9.59 Å². The highest BCUT2D eigenvalue weighted by Crippen LogP contribution is 2.15. The van der Waals surface area contributed by atoms with Crippen LogP contribution in [0, 0.1) is 17.2 Å².